The van der Waals surface area contributed by atoms with E-state index in [0.717, 1.165) is 0 Å². The Morgan fingerprint density at radius 2 is 1.69 bits per heavy atom. The molecular weight excluding hydrogens is 174 g/mol. The minimum atomic E-state index is -0.931. The van der Waals surface area contributed by atoms with Crippen molar-refractivity contribution in [2.75, 3.05) is 13.2 Å². The maximum absolute atomic E-state index is 10.0. The zero-order valence-corrected chi connectivity index (χ0v) is 8.10. The third-order valence-electron chi connectivity index (χ3n) is 1.32. The van der Waals surface area contributed by atoms with Gasteiger partial charge in [0.2, 0.25) is 0 Å². The summed E-state index contributed by atoms with van der Waals surface area (Å²) < 4.78 is 0. The topological polar surface area (TPSA) is 104 Å². The van der Waals surface area contributed by atoms with Crippen molar-refractivity contribution in [1.82, 2.24) is 0 Å². The average molecular weight is 193 g/mol. The van der Waals surface area contributed by atoms with Crippen LogP contribution in [0.5, 0.6) is 0 Å². The molecule has 5 nitrogen and oxygen atoms in total. The van der Waals surface area contributed by atoms with Gasteiger partial charge in [0.15, 0.2) is 0 Å². The quantitative estimate of drug-likeness (QED) is 0.478. The molecule has 0 aromatic carbocycles. The van der Waals surface area contributed by atoms with Crippen LogP contribution in [0.1, 0.15) is 20.3 Å². The SMILES string of the molecule is CC(C)[C@H](N)C(=O)O.OCCCO. The monoisotopic (exact) mass is 193 g/mol. The summed E-state index contributed by atoms with van der Waals surface area (Å²) in [5.74, 6) is -0.910. The van der Waals surface area contributed by atoms with Crippen LogP contribution in [-0.2, 0) is 4.79 Å². The van der Waals surface area contributed by atoms with Gasteiger partial charge in [0.1, 0.15) is 6.04 Å². The number of hydrogen-bond acceptors (Lipinski definition) is 4. The largest absolute Gasteiger partial charge is 0.480 e. The second kappa shape index (κ2) is 9.44. The Morgan fingerprint density at radius 3 is 1.69 bits per heavy atom. The van der Waals surface area contributed by atoms with Crippen LogP contribution >= 0.6 is 0 Å². The van der Waals surface area contributed by atoms with E-state index >= 15 is 0 Å². The Bertz CT molecular complexity index is 125. The Hall–Kier alpha value is -0.650. The highest BCUT2D eigenvalue weighted by Crippen LogP contribution is 1.96. The van der Waals surface area contributed by atoms with E-state index in [1.807, 2.05) is 0 Å². The van der Waals surface area contributed by atoms with Crippen LogP contribution in [0.2, 0.25) is 0 Å². The molecule has 0 bridgehead atoms. The predicted octanol–water partition coefficient (Wildman–Crippen LogP) is -0.585. The van der Waals surface area contributed by atoms with Gasteiger partial charge < -0.3 is 21.1 Å². The molecular formula is C8H19NO4. The van der Waals surface area contributed by atoms with Crippen LogP contribution < -0.4 is 5.73 Å². The van der Waals surface area contributed by atoms with Crippen molar-refractivity contribution >= 4 is 5.97 Å². The first-order valence-electron chi connectivity index (χ1n) is 4.17. The zero-order valence-electron chi connectivity index (χ0n) is 8.10. The molecule has 5 N–H and O–H groups in total. The normalized spacial score (nSPS) is 11.8. The lowest BCUT2D eigenvalue weighted by atomic mass is 10.1. The maximum atomic E-state index is 10.0. The lowest BCUT2D eigenvalue weighted by molar-refractivity contribution is -0.139. The number of nitrogens with two attached hydrogens (primary N) is 1. The molecule has 0 aliphatic heterocycles. The Kier molecular flexibility index (Phi) is 10.8. The van der Waals surface area contributed by atoms with Crippen molar-refractivity contribution in [3.05, 3.63) is 0 Å². The van der Waals surface area contributed by atoms with Gasteiger partial charge in [-0.05, 0) is 12.3 Å². The third-order valence-corrected chi connectivity index (χ3v) is 1.32. The van der Waals surface area contributed by atoms with Gasteiger partial charge in [-0.1, -0.05) is 13.8 Å². The molecule has 0 fully saturated rings. The summed E-state index contributed by atoms with van der Waals surface area (Å²) in [6.07, 6.45) is 0.500. The van der Waals surface area contributed by atoms with Gasteiger partial charge in [-0.25, -0.2) is 0 Å². The molecule has 0 spiro atoms. The standard InChI is InChI=1S/C5H11NO2.C3H8O2/c1-3(2)4(6)5(7)8;4-2-1-3-5/h3-4H,6H2,1-2H3,(H,7,8);4-5H,1-3H2/t4-;/m0./s1. The molecule has 0 unspecified atom stereocenters. The number of aliphatic carboxylic acids is 1. The summed E-state index contributed by atoms with van der Waals surface area (Å²) in [6, 6.07) is -0.713. The highest BCUT2D eigenvalue weighted by molar-refractivity contribution is 5.73. The van der Waals surface area contributed by atoms with Crippen molar-refractivity contribution in [2.24, 2.45) is 11.7 Å². The van der Waals surface area contributed by atoms with E-state index in [1.54, 1.807) is 13.8 Å². The maximum Gasteiger partial charge on any atom is 0.320 e. The summed E-state index contributed by atoms with van der Waals surface area (Å²) >= 11 is 0. The number of aliphatic hydroxyl groups excluding tert-OH is 2. The number of aliphatic hydroxyl groups is 2. The van der Waals surface area contributed by atoms with Crippen LogP contribution in [-0.4, -0.2) is 40.5 Å². The first-order chi connectivity index (χ1) is 5.97. The van der Waals surface area contributed by atoms with Crippen molar-refractivity contribution in [1.29, 1.82) is 0 Å². The van der Waals surface area contributed by atoms with Gasteiger partial charge in [-0.3, -0.25) is 4.79 Å². The molecule has 0 rings (SSSR count). The number of carboxylic acids is 1. The second-order valence-corrected chi connectivity index (χ2v) is 2.91. The third kappa shape index (κ3) is 11.3. The fourth-order valence-corrected chi connectivity index (χ4v) is 0.356. The number of rotatable bonds is 4. The summed E-state index contributed by atoms with van der Waals surface area (Å²) in [4.78, 5) is 10.0. The van der Waals surface area contributed by atoms with Crippen molar-refractivity contribution < 1.29 is 20.1 Å². The van der Waals surface area contributed by atoms with Gasteiger partial charge in [0, 0.05) is 13.2 Å². The van der Waals surface area contributed by atoms with Gasteiger partial charge in [0.25, 0.3) is 0 Å². The van der Waals surface area contributed by atoms with E-state index in [2.05, 4.69) is 0 Å². The molecule has 0 amide bonds. The average Bonchev–Trinajstić information content (AvgIpc) is 2.05. The highest BCUT2D eigenvalue weighted by atomic mass is 16.4. The van der Waals surface area contributed by atoms with Crippen molar-refractivity contribution in [3.63, 3.8) is 0 Å². The molecule has 80 valence electrons. The molecule has 13 heavy (non-hydrogen) atoms. The molecule has 0 aromatic heterocycles. The molecule has 0 heterocycles. The summed E-state index contributed by atoms with van der Waals surface area (Å²) in [5, 5.41) is 24.0. The molecule has 5 heteroatoms. The van der Waals surface area contributed by atoms with E-state index in [1.165, 1.54) is 0 Å². The molecule has 0 saturated carbocycles. The minimum absolute atomic E-state index is 0.0208. The lowest BCUT2D eigenvalue weighted by Gasteiger charge is -2.07. The molecule has 0 radical (unpaired) electrons. The minimum Gasteiger partial charge on any atom is -0.480 e. The number of carbonyl (C=O) groups is 1. The summed E-state index contributed by atoms with van der Waals surface area (Å²) in [6.45, 7) is 3.74. The summed E-state index contributed by atoms with van der Waals surface area (Å²) in [7, 11) is 0. The van der Waals surface area contributed by atoms with Crippen molar-refractivity contribution in [2.45, 2.75) is 26.3 Å². The Morgan fingerprint density at radius 1 is 1.31 bits per heavy atom. The molecule has 1 atom stereocenters. The lowest BCUT2D eigenvalue weighted by Crippen LogP contribution is -2.34. The predicted molar refractivity (Wildman–Crippen MR) is 49.2 cm³/mol. The first-order valence-corrected chi connectivity index (χ1v) is 4.17. The number of carboxylic acid groups (broad SMARTS) is 1. The smallest absolute Gasteiger partial charge is 0.320 e. The second-order valence-electron chi connectivity index (χ2n) is 2.91. The Balaban J connectivity index is 0. The van der Waals surface area contributed by atoms with E-state index in [0.29, 0.717) is 6.42 Å². The van der Waals surface area contributed by atoms with E-state index in [-0.39, 0.29) is 19.1 Å². The van der Waals surface area contributed by atoms with Gasteiger partial charge >= 0.3 is 5.97 Å². The van der Waals surface area contributed by atoms with Crippen LogP contribution in [0, 0.1) is 5.92 Å². The van der Waals surface area contributed by atoms with Crippen LogP contribution in [0.3, 0.4) is 0 Å². The molecule has 0 aromatic rings. The first kappa shape index (κ1) is 14.9. The van der Waals surface area contributed by atoms with E-state index in [9.17, 15) is 4.79 Å². The molecule has 0 aliphatic carbocycles. The van der Waals surface area contributed by atoms with Crippen LogP contribution in [0.15, 0.2) is 0 Å². The highest BCUT2D eigenvalue weighted by Gasteiger charge is 2.14. The summed E-state index contributed by atoms with van der Waals surface area (Å²) in [5.41, 5.74) is 5.16. The van der Waals surface area contributed by atoms with E-state index < -0.39 is 12.0 Å². The molecule has 0 saturated heterocycles. The number of hydrogen-bond donors (Lipinski definition) is 4. The van der Waals surface area contributed by atoms with E-state index in [4.69, 9.17) is 21.1 Å². The van der Waals surface area contributed by atoms with Crippen LogP contribution in [0.25, 0.3) is 0 Å². The van der Waals surface area contributed by atoms with Crippen molar-refractivity contribution in [3.8, 4) is 0 Å². The molecule has 0 aliphatic rings. The van der Waals surface area contributed by atoms with Gasteiger partial charge in [0.05, 0.1) is 0 Å². The zero-order chi connectivity index (χ0) is 10.9. The van der Waals surface area contributed by atoms with Gasteiger partial charge in [-0.2, -0.15) is 0 Å². The fraction of sp³-hybridized carbons (Fsp3) is 0.875. The fourth-order valence-electron chi connectivity index (χ4n) is 0.356. The van der Waals surface area contributed by atoms with Crippen LogP contribution in [0.4, 0.5) is 0 Å². The van der Waals surface area contributed by atoms with Gasteiger partial charge in [-0.15, -0.1) is 0 Å². The Labute approximate surface area is 78.2 Å².